The number of rotatable bonds is 4. The van der Waals surface area contributed by atoms with Crippen LogP contribution >= 0.6 is 24.8 Å². The molecule has 0 radical (unpaired) electrons. The summed E-state index contributed by atoms with van der Waals surface area (Å²) < 4.78 is 4.71. The summed E-state index contributed by atoms with van der Waals surface area (Å²) >= 11 is 0. The number of nitrogens with zero attached hydrogens (tertiary/aromatic N) is 2. The number of pyridine rings is 1. The first-order valence-corrected chi connectivity index (χ1v) is 6.86. The lowest BCUT2D eigenvalue weighted by Crippen LogP contribution is -2.15. The maximum atomic E-state index is 12.2. The second-order valence-electron chi connectivity index (χ2n) is 4.98. The van der Waals surface area contributed by atoms with Crippen molar-refractivity contribution in [1.29, 1.82) is 0 Å². The van der Waals surface area contributed by atoms with Gasteiger partial charge in [0.15, 0.2) is 0 Å². The maximum Gasteiger partial charge on any atom is 0.340 e. The molecule has 0 aliphatic rings. The lowest BCUT2D eigenvalue weighted by atomic mass is 9.91. The molecule has 0 atom stereocenters. The number of nitro benzene ring substituents is 1. The molecule has 1 N–H and O–H groups in total. The zero-order valence-corrected chi connectivity index (χ0v) is 15.6. The van der Waals surface area contributed by atoms with E-state index < -0.39 is 16.9 Å². The van der Waals surface area contributed by atoms with Gasteiger partial charge in [-0.1, -0.05) is 12.1 Å². The van der Waals surface area contributed by atoms with Crippen LogP contribution in [0.4, 0.5) is 5.69 Å². The third-order valence-electron chi connectivity index (χ3n) is 3.53. The summed E-state index contributed by atoms with van der Waals surface area (Å²) in [6.07, 6.45) is 0. The highest BCUT2D eigenvalue weighted by Crippen LogP contribution is 2.37. The Hall–Kier alpha value is -2.71. The van der Waals surface area contributed by atoms with E-state index in [9.17, 15) is 24.8 Å². The molecule has 26 heavy (non-hydrogen) atoms. The molecular formula is C16H16Cl2N2O6. The Morgan fingerprint density at radius 3 is 2.15 bits per heavy atom. The van der Waals surface area contributed by atoms with Crippen LogP contribution in [0.15, 0.2) is 24.3 Å². The average molecular weight is 403 g/mol. The molecule has 0 spiro atoms. The highest BCUT2D eigenvalue weighted by atomic mass is 35.5. The van der Waals surface area contributed by atoms with E-state index in [4.69, 9.17) is 4.74 Å². The van der Waals surface area contributed by atoms with Gasteiger partial charge in [-0.2, -0.15) is 0 Å². The number of aromatic nitrogens is 1. The van der Waals surface area contributed by atoms with Gasteiger partial charge in [0.05, 0.1) is 40.1 Å². The van der Waals surface area contributed by atoms with Crippen molar-refractivity contribution < 1.29 is 24.4 Å². The number of nitro groups is 1. The standard InChI is InChI=1S/C16H14N2O6.2ClH/c1-8-12(15(19)20)14(13(9(2)17-8)16(21)24-3)10-6-4-5-7-11(10)18(22)23;;/h4-7H,1-3H3,(H,19,20);2*1H. The molecule has 10 heteroatoms. The fourth-order valence-corrected chi connectivity index (χ4v) is 2.58. The molecule has 1 aromatic carbocycles. The molecular weight excluding hydrogens is 387 g/mol. The molecule has 0 saturated heterocycles. The molecule has 0 saturated carbocycles. The summed E-state index contributed by atoms with van der Waals surface area (Å²) in [4.78, 5) is 38.6. The number of aryl methyl sites for hydroxylation is 2. The van der Waals surface area contributed by atoms with E-state index in [0.717, 1.165) is 7.11 Å². The molecule has 8 nitrogen and oxygen atoms in total. The number of halogens is 2. The molecule has 140 valence electrons. The Labute approximate surface area is 161 Å². The second kappa shape index (κ2) is 9.12. The zero-order valence-electron chi connectivity index (χ0n) is 14.0. The minimum Gasteiger partial charge on any atom is -0.478 e. The number of benzene rings is 1. The molecule has 0 fully saturated rings. The molecule has 0 bridgehead atoms. The van der Waals surface area contributed by atoms with E-state index in [1.165, 1.54) is 38.1 Å². The van der Waals surface area contributed by atoms with Crippen molar-refractivity contribution in [2.45, 2.75) is 13.8 Å². The smallest absolute Gasteiger partial charge is 0.340 e. The number of carbonyl (C=O) groups excluding carboxylic acids is 1. The highest BCUT2D eigenvalue weighted by Gasteiger charge is 2.30. The van der Waals surface area contributed by atoms with Gasteiger partial charge in [-0.05, 0) is 19.9 Å². The van der Waals surface area contributed by atoms with Gasteiger partial charge in [0.25, 0.3) is 5.69 Å². The summed E-state index contributed by atoms with van der Waals surface area (Å²) in [6, 6.07) is 5.62. The van der Waals surface area contributed by atoms with E-state index in [-0.39, 0.29) is 64.1 Å². The highest BCUT2D eigenvalue weighted by molar-refractivity contribution is 6.07. The lowest BCUT2D eigenvalue weighted by molar-refractivity contribution is -0.384. The van der Waals surface area contributed by atoms with Crippen molar-refractivity contribution in [2.75, 3.05) is 7.11 Å². The van der Waals surface area contributed by atoms with Crippen molar-refractivity contribution in [3.05, 3.63) is 56.9 Å². The number of hydrogen-bond acceptors (Lipinski definition) is 6. The number of aromatic carboxylic acids is 1. The van der Waals surface area contributed by atoms with Crippen LogP contribution in [-0.2, 0) is 4.74 Å². The molecule has 0 aliphatic carbocycles. The Morgan fingerprint density at radius 2 is 1.65 bits per heavy atom. The minimum absolute atomic E-state index is 0. The molecule has 0 aliphatic heterocycles. The number of para-hydroxylation sites is 1. The molecule has 2 rings (SSSR count). The first-order chi connectivity index (χ1) is 11.3. The van der Waals surface area contributed by atoms with Crippen LogP contribution in [-0.4, -0.2) is 34.1 Å². The van der Waals surface area contributed by atoms with Gasteiger partial charge >= 0.3 is 11.9 Å². The van der Waals surface area contributed by atoms with E-state index in [2.05, 4.69) is 4.98 Å². The lowest BCUT2D eigenvalue weighted by Gasteiger charge is -2.15. The number of ether oxygens (including phenoxy) is 1. The van der Waals surface area contributed by atoms with Crippen LogP contribution in [0.1, 0.15) is 32.1 Å². The Bertz CT molecular complexity index is 870. The number of esters is 1. The monoisotopic (exact) mass is 402 g/mol. The van der Waals surface area contributed by atoms with Crippen molar-refractivity contribution in [2.24, 2.45) is 0 Å². The van der Waals surface area contributed by atoms with Crippen molar-refractivity contribution in [1.82, 2.24) is 4.98 Å². The SMILES string of the molecule is COC(=O)c1c(C)nc(C)c(C(=O)O)c1-c1ccccc1[N+](=O)[O-].Cl.Cl. The summed E-state index contributed by atoms with van der Waals surface area (Å²) in [5.41, 5.74) is -0.334. The first-order valence-electron chi connectivity index (χ1n) is 6.86. The zero-order chi connectivity index (χ0) is 18.0. The van der Waals surface area contributed by atoms with Crippen LogP contribution in [0.3, 0.4) is 0 Å². The third-order valence-corrected chi connectivity index (χ3v) is 3.53. The van der Waals surface area contributed by atoms with Gasteiger partial charge in [0.2, 0.25) is 0 Å². The third kappa shape index (κ3) is 4.09. The van der Waals surface area contributed by atoms with Crippen LogP contribution < -0.4 is 0 Å². The van der Waals surface area contributed by atoms with Gasteiger partial charge in [-0.25, -0.2) is 9.59 Å². The van der Waals surface area contributed by atoms with Gasteiger partial charge < -0.3 is 9.84 Å². The Morgan fingerprint density at radius 1 is 1.12 bits per heavy atom. The number of carboxylic acids is 1. The summed E-state index contributed by atoms with van der Waals surface area (Å²) in [5, 5.41) is 20.9. The predicted octanol–water partition coefficient (Wildman–Crippen LogP) is 3.60. The number of carbonyl (C=O) groups is 2. The van der Waals surface area contributed by atoms with Gasteiger partial charge in [0, 0.05) is 11.6 Å². The molecule has 0 unspecified atom stereocenters. The molecule has 2 aromatic rings. The van der Waals surface area contributed by atoms with Gasteiger partial charge in [-0.15, -0.1) is 24.8 Å². The van der Waals surface area contributed by atoms with E-state index >= 15 is 0 Å². The van der Waals surface area contributed by atoms with Crippen LogP contribution in [0.5, 0.6) is 0 Å². The topological polar surface area (TPSA) is 120 Å². The Balaban J connectivity index is 0.00000312. The second-order valence-corrected chi connectivity index (χ2v) is 4.98. The average Bonchev–Trinajstić information content (AvgIpc) is 2.52. The van der Waals surface area contributed by atoms with Crippen LogP contribution in [0.25, 0.3) is 11.1 Å². The van der Waals surface area contributed by atoms with Crippen LogP contribution in [0.2, 0.25) is 0 Å². The predicted molar refractivity (Wildman–Crippen MR) is 98.6 cm³/mol. The fraction of sp³-hybridized carbons (Fsp3) is 0.188. The summed E-state index contributed by atoms with van der Waals surface area (Å²) in [5.74, 6) is -2.14. The van der Waals surface area contributed by atoms with E-state index in [1.54, 1.807) is 0 Å². The summed E-state index contributed by atoms with van der Waals surface area (Å²) in [7, 11) is 1.14. The maximum absolute atomic E-state index is 12.2. The normalized spacial score (nSPS) is 9.50. The van der Waals surface area contributed by atoms with Crippen molar-refractivity contribution >= 4 is 42.4 Å². The summed E-state index contributed by atoms with van der Waals surface area (Å²) in [6.45, 7) is 2.99. The Kier molecular flexibility index (Phi) is 8.17. The fourth-order valence-electron chi connectivity index (χ4n) is 2.58. The number of methoxy groups -OCH3 is 1. The molecule has 0 amide bonds. The first kappa shape index (κ1) is 23.3. The number of carboxylic acid groups (broad SMARTS) is 1. The van der Waals surface area contributed by atoms with Crippen molar-refractivity contribution in [3.63, 3.8) is 0 Å². The minimum atomic E-state index is -1.33. The molecule has 1 heterocycles. The molecule has 1 aromatic heterocycles. The van der Waals surface area contributed by atoms with E-state index in [1.807, 2.05) is 0 Å². The van der Waals surface area contributed by atoms with Crippen LogP contribution in [0, 0.1) is 24.0 Å². The van der Waals surface area contributed by atoms with E-state index in [0.29, 0.717) is 0 Å². The largest absolute Gasteiger partial charge is 0.478 e. The quantitative estimate of drug-likeness (QED) is 0.471. The number of hydrogen-bond donors (Lipinski definition) is 1. The van der Waals surface area contributed by atoms with Crippen molar-refractivity contribution in [3.8, 4) is 11.1 Å². The van der Waals surface area contributed by atoms with Gasteiger partial charge in [-0.3, -0.25) is 15.1 Å². The van der Waals surface area contributed by atoms with Gasteiger partial charge in [0.1, 0.15) is 0 Å².